The number of halogens is 1. The van der Waals surface area contributed by atoms with Crippen molar-refractivity contribution >= 4 is 28.3 Å². The molecular formula is C29H35ClN2O6. The standard InChI is InChI=1S/C29H35ClN2O6/c1-35-18-24-27(34)28(36-16-19-9-12-23(30)13-10-19)26(32-25(33)7-4-14-31)29(38-24)37-17-20-8-11-21-5-2-3-6-22(21)15-20/h2-3,5-6,8-13,15,24,26-29,34H,4,7,14,16-18,31H2,1H3,(H,32,33)/t24-,26-,27-,28-,29+/m1/s1. The normalized spacial score (nSPS) is 23.4. The Kier molecular flexibility index (Phi) is 10.5. The van der Waals surface area contributed by atoms with Crippen molar-refractivity contribution < 1.29 is 28.8 Å². The average Bonchev–Trinajstić information content (AvgIpc) is 2.93. The largest absolute Gasteiger partial charge is 0.388 e. The third kappa shape index (κ3) is 7.51. The van der Waals surface area contributed by atoms with Crippen molar-refractivity contribution in [3.63, 3.8) is 0 Å². The van der Waals surface area contributed by atoms with Crippen LogP contribution in [-0.2, 0) is 37.0 Å². The Morgan fingerprint density at radius 1 is 1.03 bits per heavy atom. The van der Waals surface area contributed by atoms with Crippen molar-refractivity contribution in [1.29, 1.82) is 0 Å². The Bertz CT molecular complexity index is 1180. The van der Waals surface area contributed by atoms with Crippen molar-refractivity contribution in [2.24, 2.45) is 5.73 Å². The van der Waals surface area contributed by atoms with Gasteiger partial charge < -0.3 is 35.1 Å². The minimum Gasteiger partial charge on any atom is -0.388 e. The molecule has 0 radical (unpaired) electrons. The maximum atomic E-state index is 12.8. The van der Waals surface area contributed by atoms with E-state index in [1.807, 2.05) is 42.5 Å². The van der Waals surface area contributed by atoms with Crippen molar-refractivity contribution in [3.05, 3.63) is 82.9 Å². The van der Waals surface area contributed by atoms with Gasteiger partial charge in [-0.05, 0) is 53.1 Å². The topological polar surface area (TPSA) is 112 Å². The average molecular weight is 543 g/mol. The summed E-state index contributed by atoms with van der Waals surface area (Å²) in [5.41, 5.74) is 7.42. The predicted molar refractivity (Wildman–Crippen MR) is 146 cm³/mol. The third-order valence-electron chi connectivity index (χ3n) is 6.52. The van der Waals surface area contributed by atoms with Crippen LogP contribution < -0.4 is 11.1 Å². The third-order valence-corrected chi connectivity index (χ3v) is 6.78. The number of hydrogen-bond acceptors (Lipinski definition) is 7. The number of benzene rings is 3. The zero-order chi connectivity index (χ0) is 26.9. The van der Waals surface area contributed by atoms with Gasteiger partial charge >= 0.3 is 0 Å². The highest BCUT2D eigenvalue weighted by Crippen LogP contribution is 2.27. The van der Waals surface area contributed by atoms with Gasteiger partial charge in [0.05, 0.1) is 19.8 Å². The van der Waals surface area contributed by atoms with Crippen LogP contribution in [0, 0.1) is 0 Å². The second-order valence-electron chi connectivity index (χ2n) is 9.37. The fraction of sp³-hybridized carbons (Fsp3) is 0.414. The second kappa shape index (κ2) is 14.0. The molecule has 0 spiro atoms. The van der Waals surface area contributed by atoms with Crippen molar-refractivity contribution in [2.45, 2.75) is 56.7 Å². The minimum atomic E-state index is -1.07. The molecule has 204 valence electrons. The van der Waals surface area contributed by atoms with Gasteiger partial charge in [-0.25, -0.2) is 0 Å². The van der Waals surface area contributed by atoms with E-state index >= 15 is 0 Å². The Morgan fingerprint density at radius 3 is 2.47 bits per heavy atom. The number of nitrogens with one attached hydrogen (secondary N) is 1. The smallest absolute Gasteiger partial charge is 0.220 e. The van der Waals surface area contributed by atoms with E-state index in [1.165, 1.54) is 7.11 Å². The van der Waals surface area contributed by atoms with E-state index in [1.54, 1.807) is 12.1 Å². The van der Waals surface area contributed by atoms with Crippen molar-refractivity contribution in [2.75, 3.05) is 20.3 Å². The van der Waals surface area contributed by atoms with Gasteiger partial charge in [-0.1, -0.05) is 60.1 Å². The van der Waals surface area contributed by atoms with Crippen LogP contribution in [0.4, 0.5) is 0 Å². The molecule has 4 rings (SSSR count). The molecule has 8 nitrogen and oxygen atoms in total. The number of amides is 1. The quantitative estimate of drug-likeness (QED) is 0.321. The van der Waals surface area contributed by atoms with Gasteiger partial charge in [0.15, 0.2) is 6.29 Å². The van der Waals surface area contributed by atoms with Crippen LogP contribution in [0.15, 0.2) is 66.7 Å². The number of carbonyl (C=O) groups excluding carboxylic acids is 1. The Hall–Kier alpha value is -2.56. The van der Waals surface area contributed by atoms with Gasteiger partial charge in [0.25, 0.3) is 0 Å². The van der Waals surface area contributed by atoms with Crippen LogP contribution in [0.1, 0.15) is 24.0 Å². The first-order valence-electron chi connectivity index (χ1n) is 12.8. The minimum absolute atomic E-state index is 0.131. The van der Waals surface area contributed by atoms with Gasteiger partial charge in [0, 0.05) is 18.6 Å². The Morgan fingerprint density at radius 2 is 1.74 bits per heavy atom. The van der Waals surface area contributed by atoms with Gasteiger partial charge in [0.2, 0.25) is 5.91 Å². The summed E-state index contributed by atoms with van der Waals surface area (Å²) in [5, 5.41) is 17.0. The van der Waals surface area contributed by atoms with Gasteiger partial charge in [-0.2, -0.15) is 0 Å². The van der Waals surface area contributed by atoms with Crippen LogP contribution >= 0.6 is 11.6 Å². The van der Waals surface area contributed by atoms with Gasteiger partial charge in [0.1, 0.15) is 24.4 Å². The number of hydrogen-bond donors (Lipinski definition) is 3. The summed E-state index contributed by atoms with van der Waals surface area (Å²) in [7, 11) is 1.53. The summed E-state index contributed by atoms with van der Waals surface area (Å²) in [4.78, 5) is 12.8. The molecule has 4 N–H and O–H groups in total. The number of rotatable bonds is 12. The molecule has 1 aliphatic heterocycles. The molecule has 1 amide bonds. The van der Waals surface area contributed by atoms with Crippen LogP contribution in [-0.4, -0.2) is 61.9 Å². The molecule has 3 aromatic rings. The molecule has 1 aliphatic rings. The summed E-state index contributed by atoms with van der Waals surface area (Å²) in [6.07, 6.45) is -2.71. The molecule has 9 heteroatoms. The summed E-state index contributed by atoms with van der Waals surface area (Å²) in [5.74, 6) is -0.221. The summed E-state index contributed by atoms with van der Waals surface area (Å²) in [6, 6.07) is 20.7. The van der Waals surface area contributed by atoms with E-state index in [4.69, 9.17) is 36.3 Å². The molecule has 3 aromatic carbocycles. The summed E-state index contributed by atoms with van der Waals surface area (Å²) in [6.45, 7) is 0.965. The number of fused-ring (bicyclic) bond motifs is 1. The van der Waals surface area contributed by atoms with E-state index in [0.717, 1.165) is 21.9 Å². The summed E-state index contributed by atoms with van der Waals surface area (Å²) >= 11 is 6.01. The van der Waals surface area contributed by atoms with E-state index in [9.17, 15) is 9.90 Å². The maximum absolute atomic E-state index is 12.8. The summed E-state index contributed by atoms with van der Waals surface area (Å²) < 4.78 is 23.9. The van der Waals surface area contributed by atoms with Crippen LogP contribution in [0.2, 0.25) is 5.02 Å². The van der Waals surface area contributed by atoms with E-state index < -0.39 is 30.6 Å². The number of nitrogens with two attached hydrogens (primary N) is 1. The molecular weight excluding hydrogens is 508 g/mol. The van der Waals surface area contributed by atoms with Crippen LogP contribution in [0.25, 0.3) is 10.8 Å². The number of carbonyl (C=O) groups is 1. The molecule has 1 saturated heterocycles. The highest BCUT2D eigenvalue weighted by Gasteiger charge is 2.47. The van der Waals surface area contributed by atoms with Crippen LogP contribution in [0.5, 0.6) is 0 Å². The lowest BCUT2D eigenvalue weighted by molar-refractivity contribution is -0.282. The molecule has 1 heterocycles. The lowest BCUT2D eigenvalue weighted by Gasteiger charge is -2.44. The van der Waals surface area contributed by atoms with Gasteiger partial charge in [-0.15, -0.1) is 0 Å². The fourth-order valence-corrected chi connectivity index (χ4v) is 4.64. The number of ether oxygens (including phenoxy) is 4. The van der Waals surface area contributed by atoms with Crippen molar-refractivity contribution in [1.82, 2.24) is 5.32 Å². The molecule has 0 saturated carbocycles. The Balaban J connectivity index is 1.55. The first kappa shape index (κ1) is 28.4. The molecule has 1 fully saturated rings. The van der Waals surface area contributed by atoms with Gasteiger partial charge in [-0.3, -0.25) is 4.79 Å². The number of methoxy groups -OCH3 is 1. The Labute approximate surface area is 228 Å². The number of aliphatic hydroxyl groups excluding tert-OH is 1. The highest BCUT2D eigenvalue weighted by molar-refractivity contribution is 6.30. The SMILES string of the molecule is COC[C@H]1O[C@H](OCc2ccc3ccccc3c2)[C@H](NC(=O)CCCN)[C@@H](OCc2ccc(Cl)cc2)[C@@H]1O. The predicted octanol–water partition coefficient (Wildman–Crippen LogP) is 3.55. The van der Waals surface area contributed by atoms with E-state index in [-0.39, 0.29) is 32.1 Å². The first-order chi connectivity index (χ1) is 18.5. The second-order valence-corrected chi connectivity index (χ2v) is 9.81. The number of aliphatic hydroxyl groups is 1. The van der Waals surface area contributed by atoms with Crippen molar-refractivity contribution in [3.8, 4) is 0 Å². The molecule has 0 aliphatic carbocycles. The maximum Gasteiger partial charge on any atom is 0.220 e. The highest BCUT2D eigenvalue weighted by atomic mass is 35.5. The zero-order valence-corrected chi connectivity index (χ0v) is 22.2. The molecule has 0 unspecified atom stereocenters. The van der Waals surface area contributed by atoms with E-state index in [0.29, 0.717) is 18.0 Å². The lowest BCUT2D eigenvalue weighted by Crippen LogP contribution is -2.65. The molecule has 0 bridgehead atoms. The van der Waals surface area contributed by atoms with Crippen LogP contribution in [0.3, 0.4) is 0 Å². The molecule has 5 atom stereocenters. The molecule has 38 heavy (non-hydrogen) atoms. The monoisotopic (exact) mass is 542 g/mol. The zero-order valence-electron chi connectivity index (χ0n) is 21.4. The fourth-order valence-electron chi connectivity index (χ4n) is 4.51. The lowest BCUT2D eigenvalue weighted by atomic mass is 9.96. The van der Waals surface area contributed by atoms with E-state index in [2.05, 4.69) is 17.4 Å². The first-order valence-corrected chi connectivity index (χ1v) is 13.1. The molecule has 0 aromatic heterocycles.